The summed E-state index contributed by atoms with van der Waals surface area (Å²) in [4.78, 5) is 17.9. The molecule has 0 saturated heterocycles. The smallest absolute Gasteiger partial charge is 0.161 e. The predicted molar refractivity (Wildman–Crippen MR) is 74.1 cm³/mol. The number of fused-ring (bicyclic) bond motifs is 1. The van der Waals surface area contributed by atoms with E-state index in [-0.39, 0.29) is 5.78 Å². The van der Waals surface area contributed by atoms with Crippen LogP contribution in [-0.2, 0) is 13.1 Å². The number of nitrogens with two attached hydrogens (primary N) is 1. The van der Waals surface area contributed by atoms with Gasteiger partial charge in [-0.1, -0.05) is 0 Å². The predicted octanol–water partition coefficient (Wildman–Crippen LogP) is 1.69. The van der Waals surface area contributed by atoms with E-state index in [4.69, 9.17) is 5.73 Å². The monoisotopic (exact) mass is 256 g/mol. The quantitative estimate of drug-likeness (QED) is 0.656. The van der Waals surface area contributed by atoms with Crippen LogP contribution in [0.25, 0.3) is 0 Å². The summed E-state index contributed by atoms with van der Waals surface area (Å²) in [6.45, 7) is 4.14. The maximum Gasteiger partial charge on any atom is 0.161 e. The number of imidazole rings is 1. The molecule has 0 spiro atoms. The fourth-order valence-corrected chi connectivity index (χ4v) is 2.46. The molecule has 1 aromatic heterocycles. The second-order valence-electron chi connectivity index (χ2n) is 4.79. The molecule has 0 radical (unpaired) electrons. The third kappa shape index (κ3) is 2.07. The summed E-state index contributed by atoms with van der Waals surface area (Å²) in [5.74, 6) is 1.05. The minimum absolute atomic E-state index is 0.00163. The number of nitrogen functional groups attached to an aromatic ring is 1. The molecule has 1 aromatic carbocycles. The Balaban J connectivity index is 1.88. The summed E-state index contributed by atoms with van der Waals surface area (Å²) in [5.41, 5.74) is 8.10. The highest BCUT2D eigenvalue weighted by atomic mass is 16.1. The highest BCUT2D eigenvalue weighted by Gasteiger charge is 2.17. The Morgan fingerprint density at radius 2 is 2.21 bits per heavy atom. The molecule has 1 aliphatic heterocycles. The lowest BCUT2D eigenvalue weighted by Gasteiger charge is -2.29. The van der Waals surface area contributed by atoms with Gasteiger partial charge in [0.25, 0.3) is 0 Å². The molecule has 5 heteroatoms. The van der Waals surface area contributed by atoms with Crippen molar-refractivity contribution < 1.29 is 4.79 Å². The van der Waals surface area contributed by atoms with Gasteiger partial charge in [-0.15, -0.1) is 0 Å². The van der Waals surface area contributed by atoms with Gasteiger partial charge in [0.05, 0.1) is 6.54 Å². The second-order valence-corrected chi connectivity index (χ2v) is 4.79. The van der Waals surface area contributed by atoms with Gasteiger partial charge in [-0.2, -0.15) is 0 Å². The average Bonchev–Trinajstić information content (AvgIpc) is 2.85. The Morgan fingerprint density at radius 1 is 1.37 bits per heavy atom. The molecular weight excluding hydrogens is 240 g/mol. The maximum atomic E-state index is 11.4. The number of anilines is 2. The van der Waals surface area contributed by atoms with Gasteiger partial charge in [0.1, 0.15) is 5.82 Å². The molecule has 3 rings (SSSR count). The number of carbonyl (C=O) groups excluding carboxylic acids is 1. The van der Waals surface area contributed by atoms with Crippen LogP contribution in [0.2, 0.25) is 0 Å². The lowest BCUT2D eigenvalue weighted by atomic mass is 10.1. The van der Waals surface area contributed by atoms with Gasteiger partial charge in [0, 0.05) is 42.4 Å². The fraction of sp³-hybridized carbons (Fsp3) is 0.286. The van der Waals surface area contributed by atoms with Crippen molar-refractivity contribution in [1.82, 2.24) is 9.55 Å². The molecule has 0 unspecified atom stereocenters. The molecular formula is C14H16N4O. The number of Topliss-reactive ketones (excluding diaryl/α,β-unsaturated/α-hetero) is 1. The molecule has 5 nitrogen and oxygen atoms in total. The van der Waals surface area contributed by atoms with E-state index in [1.54, 1.807) is 6.07 Å². The Kier molecular flexibility index (Phi) is 2.74. The fourth-order valence-electron chi connectivity index (χ4n) is 2.46. The van der Waals surface area contributed by atoms with Gasteiger partial charge >= 0.3 is 0 Å². The molecule has 0 aliphatic carbocycles. The van der Waals surface area contributed by atoms with Crippen LogP contribution in [0.3, 0.4) is 0 Å². The van der Waals surface area contributed by atoms with Crippen molar-refractivity contribution >= 4 is 17.2 Å². The van der Waals surface area contributed by atoms with E-state index >= 15 is 0 Å². The van der Waals surface area contributed by atoms with Crippen molar-refractivity contribution in [2.24, 2.45) is 0 Å². The molecule has 19 heavy (non-hydrogen) atoms. The third-order valence-electron chi connectivity index (χ3n) is 3.52. The van der Waals surface area contributed by atoms with Crippen LogP contribution in [0, 0.1) is 0 Å². The molecule has 98 valence electrons. The van der Waals surface area contributed by atoms with Gasteiger partial charge in [-0.05, 0) is 25.1 Å². The van der Waals surface area contributed by atoms with Gasteiger partial charge < -0.3 is 15.2 Å². The number of aromatic nitrogens is 2. The molecule has 0 saturated carbocycles. The number of carbonyl (C=O) groups is 1. The lowest BCUT2D eigenvalue weighted by Crippen LogP contribution is -2.33. The van der Waals surface area contributed by atoms with Gasteiger partial charge in [0.2, 0.25) is 0 Å². The van der Waals surface area contributed by atoms with Crippen LogP contribution >= 0.6 is 0 Å². The van der Waals surface area contributed by atoms with E-state index in [0.717, 1.165) is 31.1 Å². The minimum Gasteiger partial charge on any atom is -0.398 e. The molecule has 2 heterocycles. The van der Waals surface area contributed by atoms with E-state index < -0.39 is 0 Å². The van der Waals surface area contributed by atoms with Crippen molar-refractivity contribution in [3.63, 3.8) is 0 Å². The summed E-state index contributed by atoms with van der Waals surface area (Å²) in [7, 11) is 0. The summed E-state index contributed by atoms with van der Waals surface area (Å²) in [6.07, 6.45) is 3.83. The highest BCUT2D eigenvalue weighted by Crippen LogP contribution is 2.25. The van der Waals surface area contributed by atoms with E-state index in [1.165, 1.54) is 6.92 Å². The number of hydrogen-bond donors (Lipinski definition) is 1. The molecule has 0 bridgehead atoms. The van der Waals surface area contributed by atoms with E-state index in [2.05, 4.69) is 14.5 Å². The minimum atomic E-state index is -0.00163. The van der Waals surface area contributed by atoms with E-state index in [9.17, 15) is 4.79 Å². The number of hydrogen-bond acceptors (Lipinski definition) is 4. The normalized spacial score (nSPS) is 14.3. The molecule has 2 aromatic rings. The number of ketones is 1. The van der Waals surface area contributed by atoms with Gasteiger partial charge in [-0.3, -0.25) is 4.79 Å². The first-order chi connectivity index (χ1) is 9.15. The molecule has 1 aliphatic rings. The molecule has 0 fully saturated rings. The molecule has 0 atom stereocenters. The van der Waals surface area contributed by atoms with Crippen LogP contribution in [0.1, 0.15) is 23.1 Å². The van der Waals surface area contributed by atoms with Crippen molar-refractivity contribution in [2.45, 2.75) is 20.0 Å². The summed E-state index contributed by atoms with van der Waals surface area (Å²) in [5, 5.41) is 0. The standard InChI is InChI=1S/C14H16N4O/c1-10(19)12-3-2-11(8-13(12)15)18-7-6-17-5-4-16-14(17)9-18/h2-5,8H,6-7,9,15H2,1H3. The van der Waals surface area contributed by atoms with Crippen LogP contribution in [0.4, 0.5) is 11.4 Å². The summed E-state index contributed by atoms with van der Waals surface area (Å²) >= 11 is 0. The van der Waals surface area contributed by atoms with Crippen molar-refractivity contribution in [3.05, 3.63) is 42.0 Å². The third-order valence-corrected chi connectivity index (χ3v) is 3.52. The van der Waals surface area contributed by atoms with Crippen molar-refractivity contribution in [2.75, 3.05) is 17.2 Å². The van der Waals surface area contributed by atoms with E-state index in [0.29, 0.717) is 11.3 Å². The number of nitrogens with zero attached hydrogens (tertiary/aromatic N) is 3. The zero-order valence-corrected chi connectivity index (χ0v) is 10.8. The van der Waals surface area contributed by atoms with Crippen LogP contribution in [0.5, 0.6) is 0 Å². The zero-order chi connectivity index (χ0) is 13.4. The van der Waals surface area contributed by atoms with Gasteiger partial charge in [0.15, 0.2) is 5.78 Å². The number of rotatable bonds is 2. The highest BCUT2D eigenvalue weighted by molar-refractivity contribution is 5.99. The Bertz CT molecular complexity index is 632. The largest absolute Gasteiger partial charge is 0.398 e. The Hall–Kier alpha value is -2.30. The second kappa shape index (κ2) is 4.42. The Labute approximate surface area is 111 Å². The first kappa shape index (κ1) is 11.8. The summed E-state index contributed by atoms with van der Waals surface area (Å²) < 4.78 is 2.16. The Morgan fingerprint density at radius 3 is 2.95 bits per heavy atom. The summed E-state index contributed by atoms with van der Waals surface area (Å²) in [6, 6.07) is 5.62. The van der Waals surface area contributed by atoms with Crippen molar-refractivity contribution in [1.29, 1.82) is 0 Å². The van der Waals surface area contributed by atoms with Crippen molar-refractivity contribution in [3.8, 4) is 0 Å². The topological polar surface area (TPSA) is 64.2 Å². The van der Waals surface area contributed by atoms with Crippen LogP contribution < -0.4 is 10.6 Å². The van der Waals surface area contributed by atoms with Crippen LogP contribution in [0.15, 0.2) is 30.6 Å². The SMILES string of the molecule is CC(=O)c1ccc(N2CCn3ccnc3C2)cc1N. The first-order valence-electron chi connectivity index (χ1n) is 6.30. The van der Waals surface area contributed by atoms with Crippen LogP contribution in [-0.4, -0.2) is 21.9 Å². The zero-order valence-electron chi connectivity index (χ0n) is 10.8. The van der Waals surface area contributed by atoms with E-state index in [1.807, 2.05) is 24.5 Å². The first-order valence-corrected chi connectivity index (χ1v) is 6.30. The average molecular weight is 256 g/mol. The molecule has 0 amide bonds. The lowest BCUT2D eigenvalue weighted by molar-refractivity contribution is 0.101. The maximum absolute atomic E-state index is 11.4. The molecule has 2 N–H and O–H groups in total. The van der Waals surface area contributed by atoms with Gasteiger partial charge in [-0.25, -0.2) is 4.98 Å². The number of benzene rings is 1.